The molecule has 1 unspecified atom stereocenters. The molecule has 96 valence electrons. The molecule has 0 amide bonds. The average molecular weight is 245 g/mol. The molecule has 17 heavy (non-hydrogen) atoms. The third kappa shape index (κ3) is 4.66. The molecule has 0 radical (unpaired) electrons. The topological polar surface area (TPSA) is 41.5 Å². The first-order valence-corrected chi connectivity index (χ1v) is 5.45. The second kappa shape index (κ2) is 5.93. The van der Waals surface area contributed by atoms with Crippen LogP contribution >= 0.6 is 0 Å². The van der Waals surface area contributed by atoms with Crippen LogP contribution in [-0.2, 0) is 0 Å². The zero-order valence-corrected chi connectivity index (χ0v) is 9.96. The molecule has 2 N–H and O–H groups in total. The number of benzene rings is 1. The Hall–Kier alpha value is -1.20. The molecular formula is C12H17F2NO2. The molecule has 0 saturated carbocycles. The number of hydrogen-bond donors (Lipinski definition) is 2. The van der Waals surface area contributed by atoms with Crippen molar-refractivity contribution >= 4 is 0 Å². The van der Waals surface area contributed by atoms with Gasteiger partial charge in [-0.2, -0.15) is 0 Å². The lowest BCUT2D eigenvalue weighted by atomic mass is 10.1. The minimum atomic E-state index is -1.05. The Morgan fingerprint density at radius 1 is 1.35 bits per heavy atom. The molecule has 0 aliphatic heterocycles. The quantitative estimate of drug-likeness (QED) is 0.801. The predicted molar refractivity (Wildman–Crippen MR) is 61.0 cm³/mol. The van der Waals surface area contributed by atoms with Gasteiger partial charge in [-0.1, -0.05) is 6.92 Å². The lowest BCUT2D eigenvalue weighted by Gasteiger charge is -2.23. The predicted octanol–water partition coefficient (Wildman–Crippen LogP) is 1.70. The Balaban J connectivity index is 2.51. The fourth-order valence-corrected chi connectivity index (χ4v) is 1.25. The van der Waals surface area contributed by atoms with Gasteiger partial charge < -0.3 is 15.2 Å². The molecular weight excluding hydrogens is 228 g/mol. The van der Waals surface area contributed by atoms with Crippen molar-refractivity contribution in [1.29, 1.82) is 0 Å². The van der Waals surface area contributed by atoms with E-state index in [1.54, 1.807) is 6.92 Å². The monoisotopic (exact) mass is 245 g/mol. The summed E-state index contributed by atoms with van der Waals surface area (Å²) in [4.78, 5) is 0. The van der Waals surface area contributed by atoms with Crippen molar-refractivity contribution in [1.82, 2.24) is 5.32 Å². The summed E-state index contributed by atoms with van der Waals surface area (Å²) in [5, 5.41) is 12.9. The summed E-state index contributed by atoms with van der Waals surface area (Å²) in [6.45, 7) is 4.64. The normalized spacial score (nSPS) is 14.4. The summed E-state index contributed by atoms with van der Waals surface area (Å²) in [5.41, 5.74) is -1.05. The van der Waals surface area contributed by atoms with Gasteiger partial charge >= 0.3 is 0 Å². The lowest BCUT2D eigenvalue weighted by Crippen LogP contribution is -2.42. The van der Waals surface area contributed by atoms with Crippen LogP contribution in [0, 0.1) is 11.6 Å². The van der Waals surface area contributed by atoms with E-state index in [4.69, 9.17) is 4.74 Å². The standard InChI is InChI=1S/C12H17F2NO2/c1-3-15-7-12(2,16)8-17-9-4-5-10(13)11(14)6-9/h4-6,15-16H,3,7-8H2,1-2H3. The van der Waals surface area contributed by atoms with Gasteiger partial charge in [0.1, 0.15) is 18.0 Å². The first kappa shape index (κ1) is 13.9. The summed E-state index contributed by atoms with van der Waals surface area (Å²) >= 11 is 0. The van der Waals surface area contributed by atoms with Crippen LogP contribution in [0.25, 0.3) is 0 Å². The van der Waals surface area contributed by atoms with Crippen molar-refractivity contribution in [3.05, 3.63) is 29.8 Å². The second-order valence-corrected chi connectivity index (χ2v) is 4.14. The van der Waals surface area contributed by atoms with Crippen LogP contribution in [0.2, 0.25) is 0 Å². The van der Waals surface area contributed by atoms with Crippen LogP contribution in [-0.4, -0.2) is 30.4 Å². The van der Waals surface area contributed by atoms with E-state index in [2.05, 4.69) is 5.32 Å². The number of aliphatic hydroxyl groups is 1. The Morgan fingerprint density at radius 2 is 2.06 bits per heavy atom. The molecule has 0 bridgehead atoms. The van der Waals surface area contributed by atoms with Gasteiger partial charge in [-0.15, -0.1) is 0 Å². The van der Waals surface area contributed by atoms with Crippen LogP contribution in [0.1, 0.15) is 13.8 Å². The van der Waals surface area contributed by atoms with E-state index < -0.39 is 17.2 Å². The molecule has 1 aromatic carbocycles. The van der Waals surface area contributed by atoms with E-state index in [0.717, 1.165) is 18.7 Å². The van der Waals surface area contributed by atoms with E-state index in [1.165, 1.54) is 6.07 Å². The van der Waals surface area contributed by atoms with Crippen LogP contribution in [0.5, 0.6) is 5.75 Å². The molecule has 0 fully saturated rings. The van der Waals surface area contributed by atoms with Crippen LogP contribution in [0.3, 0.4) is 0 Å². The third-order valence-electron chi connectivity index (χ3n) is 2.20. The SMILES string of the molecule is CCNCC(C)(O)COc1ccc(F)c(F)c1. The van der Waals surface area contributed by atoms with Gasteiger partial charge in [0.05, 0.1) is 0 Å². The highest BCUT2D eigenvalue weighted by molar-refractivity contribution is 5.23. The fourth-order valence-electron chi connectivity index (χ4n) is 1.25. The molecule has 5 heteroatoms. The zero-order chi connectivity index (χ0) is 12.9. The van der Waals surface area contributed by atoms with Crippen molar-refractivity contribution in [2.24, 2.45) is 0 Å². The van der Waals surface area contributed by atoms with Crippen molar-refractivity contribution in [3.8, 4) is 5.75 Å². The van der Waals surface area contributed by atoms with Gasteiger partial charge in [-0.25, -0.2) is 8.78 Å². The smallest absolute Gasteiger partial charge is 0.162 e. The molecule has 0 heterocycles. The van der Waals surface area contributed by atoms with Crippen LogP contribution in [0.4, 0.5) is 8.78 Å². The van der Waals surface area contributed by atoms with E-state index in [-0.39, 0.29) is 12.4 Å². The van der Waals surface area contributed by atoms with E-state index in [1.807, 2.05) is 6.92 Å². The van der Waals surface area contributed by atoms with Gasteiger partial charge in [-0.3, -0.25) is 0 Å². The first-order valence-electron chi connectivity index (χ1n) is 5.45. The molecule has 0 aromatic heterocycles. The molecule has 1 aromatic rings. The van der Waals surface area contributed by atoms with Crippen LogP contribution < -0.4 is 10.1 Å². The van der Waals surface area contributed by atoms with Crippen molar-refractivity contribution in [3.63, 3.8) is 0 Å². The molecule has 0 aliphatic rings. The maximum absolute atomic E-state index is 12.9. The van der Waals surface area contributed by atoms with Gasteiger partial charge in [0.15, 0.2) is 11.6 Å². The molecule has 0 saturated heterocycles. The molecule has 0 spiro atoms. The number of rotatable bonds is 6. The number of hydrogen-bond acceptors (Lipinski definition) is 3. The second-order valence-electron chi connectivity index (χ2n) is 4.14. The Bertz CT molecular complexity index is 370. The summed E-state index contributed by atoms with van der Waals surface area (Å²) in [6, 6.07) is 3.27. The maximum atomic E-state index is 12.9. The molecule has 3 nitrogen and oxygen atoms in total. The minimum Gasteiger partial charge on any atom is -0.490 e. The molecule has 0 aliphatic carbocycles. The van der Waals surface area contributed by atoms with Crippen LogP contribution in [0.15, 0.2) is 18.2 Å². The van der Waals surface area contributed by atoms with Crippen molar-refractivity contribution in [2.75, 3.05) is 19.7 Å². The van der Waals surface area contributed by atoms with Gasteiger partial charge in [-0.05, 0) is 25.6 Å². The largest absolute Gasteiger partial charge is 0.490 e. The fraction of sp³-hybridized carbons (Fsp3) is 0.500. The zero-order valence-electron chi connectivity index (χ0n) is 9.96. The number of nitrogens with one attached hydrogen (secondary N) is 1. The molecule has 1 rings (SSSR count). The summed E-state index contributed by atoms with van der Waals surface area (Å²) in [5.74, 6) is -1.69. The Morgan fingerprint density at radius 3 is 2.65 bits per heavy atom. The highest BCUT2D eigenvalue weighted by Gasteiger charge is 2.20. The summed E-state index contributed by atoms with van der Waals surface area (Å²) in [6.07, 6.45) is 0. The number of likely N-dealkylation sites (N-methyl/N-ethyl adjacent to an activating group) is 1. The van der Waals surface area contributed by atoms with E-state index in [9.17, 15) is 13.9 Å². The number of halogens is 2. The van der Waals surface area contributed by atoms with Crippen molar-refractivity contribution < 1.29 is 18.6 Å². The summed E-state index contributed by atoms with van der Waals surface area (Å²) in [7, 11) is 0. The Kier molecular flexibility index (Phi) is 4.84. The third-order valence-corrected chi connectivity index (χ3v) is 2.20. The van der Waals surface area contributed by atoms with E-state index in [0.29, 0.717) is 6.54 Å². The van der Waals surface area contributed by atoms with Gasteiger partial charge in [0.2, 0.25) is 0 Å². The lowest BCUT2D eigenvalue weighted by molar-refractivity contribution is 0.0126. The maximum Gasteiger partial charge on any atom is 0.162 e. The van der Waals surface area contributed by atoms with E-state index >= 15 is 0 Å². The van der Waals surface area contributed by atoms with Gasteiger partial charge in [0.25, 0.3) is 0 Å². The molecule has 1 atom stereocenters. The average Bonchev–Trinajstić information content (AvgIpc) is 2.28. The van der Waals surface area contributed by atoms with Gasteiger partial charge in [0, 0.05) is 12.6 Å². The first-order chi connectivity index (χ1) is 7.94. The van der Waals surface area contributed by atoms with Crippen molar-refractivity contribution in [2.45, 2.75) is 19.4 Å². The Labute approximate surface area is 99.4 Å². The summed E-state index contributed by atoms with van der Waals surface area (Å²) < 4.78 is 30.7. The minimum absolute atomic E-state index is 0.00503. The number of ether oxygens (including phenoxy) is 1. The highest BCUT2D eigenvalue weighted by Crippen LogP contribution is 2.16. The highest BCUT2D eigenvalue weighted by atomic mass is 19.2.